The number of hydrogen-bond acceptors (Lipinski definition) is 12. The molecule has 10 N–H and O–H groups in total. The predicted molar refractivity (Wildman–Crippen MR) is 129 cm³/mol. The van der Waals surface area contributed by atoms with Gasteiger partial charge in [0.05, 0.1) is 12.7 Å². The summed E-state index contributed by atoms with van der Waals surface area (Å²) < 4.78 is 5.27. The Morgan fingerprint density at radius 1 is 0.882 bits per heavy atom. The number of rotatable bonds is 6. The molecule has 1 aromatic carbocycles. The third-order valence-corrected chi connectivity index (χ3v) is 5.85. The van der Waals surface area contributed by atoms with Crippen LogP contribution in [0, 0.1) is 0 Å². The molecule has 2 fully saturated rings. The van der Waals surface area contributed by atoms with Crippen molar-refractivity contribution in [1.82, 2.24) is 20.4 Å². The molecule has 3 heterocycles. The lowest BCUT2D eigenvalue weighted by atomic mass is 10.0. The molecule has 34 heavy (non-hydrogen) atoms. The van der Waals surface area contributed by atoms with Crippen LogP contribution in [0.15, 0.2) is 24.3 Å². The highest BCUT2D eigenvalue weighted by Crippen LogP contribution is 2.22. The van der Waals surface area contributed by atoms with Crippen LogP contribution in [-0.2, 0) is 0 Å². The van der Waals surface area contributed by atoms with E-state index in [1.54, 1.807) is 24.3 Å². The predicted octanol–water partition coefficient (Wildman–Crippen LogP) is -1.63. The number of nitrogens with one attached hydrogen (secondary N) is 2. The van der Waals surface area contributed by atoms with Crippen molar-refractivity contribution in [2.24, 2.45) is 22.9 Å². The average molecular weight is 472 g/mol. The number of hydrazine groups is 1. The summed E-state index contributed by atoms with van der Waals surface area (Å²) >= 11 is 0. The zero-order valence-corrected chi connectivity index (χ0v) is 19.2. The minimum Gasteiger partial charge on any atom is -0.496 e. The summed E-state index contributed by atoms with van der Waals surface area (Å²) in [6.45, 7) is 2.23. The summed E-state index contributed by atoms with van der Waals surface area (Å²) in [5, 5.41) is 0. The molecule has 0 radical (unpaired) electrons. The number of anilines is 3. The molecule has 184 valence electrons. The van der Waals surface area contributed by atoms with Gasteiger partial charge in [-0.1, -0.05) is 12.1 Å². The Morgan fingerprint density at radius 2 is 1.38 bits per heavy atom. The van der Waals surface area contributed by atoms with Crippen LogP contribution >= 0.6 is 0 Å². The van der Waals surface area contributed by atoms with Gasteiger partial charge in [0.15, 0.2) is 0 Å². The number of ether oxygens (including phenoxy) is 1. The van der Waals surface area contributed by atoms with Gasteiger partial charge in [0.2, 0.25) is 17.8 Å². The Morgan fingerprint density at radius 3 is 1.88 bits per heavy atom. The Hall–Kier alpha value is -3.26. The van der Waals surface area contributed by atoms with Crippen molar-refractivity contribution in [3.8, 4) is 5.75 Å². The van der Waals surface area contributed by atoms with E-state index in [9.17, 15) is 4.79 Å². The number of nitrogens with two attached hydrogens (primary N) is 4. The van der Waals surface area contributed by atoms with Gasteiger partial charge in [-0.25, -0.2) is 0 Å². The van der Waals surface area contributed by atoms with E-state index >= 15 is 0 Å². The molecule has 2 aliphatic rings. The molecule has 0 unspecified atom stereocenters. The van der Waals surface area contributed by atoms with Crippen molar-refractivity contribution < 1.29 is 9.53 Å². The molecule has 13 nitrogen and oxygen atoms in total. The van der Waals surface area contributed by atoms with Crippen LogP contribution in [-0.4, -0.2) is 78.3 Å². The first-order valence-corrected chi connectivity index (χ1v) is 11.3. The smallest absolute Gasteiger partial charge is 0.273 e. The molecule has 0 saturated carbocycles. The van der Waals surface area contributed by atoms with Gasteiger partial charge in [-0.15, -0.1) is 0 Å². The molecule has 0 spiro atoms. The molecule has 2 aliphatic heterocycles. The summed E-state index contributed by atoms with van der Waals surface area (Å²) in [4.78, 5) is 30.3. The Balaban J connectivity index is 1.59. The van der Waals surface area contributed by atoms with Crippen LogP contribution in [0.4, 0.5) is 17.8 Å². The van der Waals surface area contributed by atoms with Gasteiger partial charge in [-0.3, -0.25) is 15.6 Å². The summed E-state index contributed by atoms with van der Waals surface area (Å²) in [7, 11) is 1.51. The van der Waals surface area contributed by atoms with Gasteiger partial charge >= 0.3 is 0 Å². The highest BCUT2D eigenvalue weighted by molar-refractivity contribution is 5.97. The van der Waals surface area contributed by atoms with Crippen molar-refractivity contribution >= 4 is 23.8 Å². The Kier molecular flexibility index (Phi) is 7.26. The number of benzene rings is 1. The zero-order valence-electron chi connectivity index (χ0n) is 19.2. The SMILES string of the molecule is COc1ccccc1C(=O)NNc1nc(N2C[C@H](N)C[C@H](N)C2)nc(N2C[C@H](N)C[C@H](N)C2)n1. The summed E-state index contributed by atoms with van der Waals surface area (Å²) in [6, 6.07) is 6.53. The Bertz CT molecular complexity index is 942. The highest BCUT2D eigenvalue weighted by Gasteiger charge is 2.28. The average Bonchev–Trinajstić information content (AvgIpc) is 2.81. The first kappa shape index (κ1) is 23.9. The van der Waals surface area contributed by atoms with Gasteiger partial charge < -0.3 is 37.5 Å². The van der Waals surface area contributed by atoms with Gasteiger partial charge in [-0.05, 0) is 25.0 Å². The van der Waals surface area contributed by atoms with E-state index < -0.39 is 5.91 Å². The second kappa shape index (κ2) is 10.3. The number of methoxy groups -OCH3 is 1. The zero-order chi connectivity index (χ0) is 24.2. The molecule has 1 amide bonds. The number of carbonyl (C=O) groups is 1. The fraction of sp³-hybridized carbons (Fsp3) is 0.524. The molecule has 4 rings (SSSR count). The fourth-order valence-electron chi connectivity index (χ4n) is 4.39. The fourth-order valence-corrected chi connectivity index (χ4v) is 4.39. The number of para-hydroxylation sites is 1. The van der Waals surface area contributed by atoms with Crippen molar-refractivity contribution in [2.45, 2.75) is 37.0 Å². The van der Waals surface area contributed by atoms with Crippen LogP contribution in [0.5, 0.6) is 5.75 Å². The first-order valence-electron chi connectivity index (χ1n) is 11.3. The monoisotopic (exact) mass is 471 g/mol. The van der Waals surface area contributed by atoms with Gasteiger partial charge in [-0.2, -0.15) is 15.0 Å². The van der Waals surface area contributed by atoms with Crippen LogP contribution in [0.2, 0.25) is 0 Å². The molecule has 1 aromatic heterocycles. The lowest BCUT2D eigenvalue weighted by Gasteiger charge is -2.36. The van der Waals surface area contributed by atoms with Crippen molar-refractivity contribution in [3.63, 3.8) is 0 Å². The standard InChI is InChI=1S/C21H33N11O2/c1-34-17-5-3-2-4-16(17)18(33)29-30-19-26-20(31-8-12(22)6-13(23)9-31)28-21(27-19)32-10-14(24)7-15(25)11-32/h2-5,12-15H,6-11,22-25H2,1H3,(H,29,33)(H,26,27,28,30)/t12-,13+,14-,15+. The van der Waals surface area contributed by atoms with Gasteiger partial charge in [0.1, 0.15) is 5.75 Å². The summed E-state index contributed by atoms with van der Waals surface area (Å²) in [5.74, 6) is 1.05. The van der Waals surface area contributed by atoms with Crippen LogP contribution in [0.25, 0.3) is 0 Å². The van der Waals surface area contributed by atoms with E-state index in [1.165, 1.54) is 7.11 Å². The van der Waals surface area contributed by atoms with E-state index in [-0.39, 0.29) is 30.1 Å². The quantitative estimate of drug-likeness (QED) is 0.263. The number of aromatic nitrogens is 3. The third-order valence-electron chi connectivity index (χ3n) is 5.85. The van der Waals surface area contributed by atoms with Crippen LogP contribution < -0.4 is 48.3 Å². The molecular weight excluding hydrogens is 438 g/mol. The molecule has 13 heteroatoms. The van der Waals surface area contributed by atoms with E-state index in [0.717, 1.165) is 12.8 Å². The lowest BCUT2D eigenvalue weighted by molar-refractivity contribution is 0.0959. The summed E-state index contributed by atoms with van der Waals surface area (Å²) in [5.41, 5.74) is 30.5. The molecule has 4 atom stereocenters. The van der Waals surface area contributed by atoms with E-state index in [2.05, 4.69) is 25.8 Å². The number of nitrogens with zero attached hydrogens (tertiary/aromatic N) is 5. The number of carbonyl (C=O) groups excluding carboxylic acids is 1. The molecule has 2 aromatic rings. The number of hydrogen-bond donors (Lipinski definition) is 6. The Labute approximate surface area is 198 Å². The summed E-state index contributed by atoms with van der Waals surface area (Å²) in [6.07, 6.45) is 1.45. The molecular formula is C21H33N11O2. The van der Waals surface area contributed by atoms with Crippen LogP contribution in [0.1, 0.15) is 23.2 Å². The second-order valence-electron chi connectivity index (χ2n) is 8.86. The van der Waals surface area contributed by atoms with E-state index in [4.69, 9.17) is 27.7 Å². The van der Waals surface area contributed by atoms with Crippen molar-refractivity contribution in [1.29, 1.82) is 0 Å². The highest BCUT2D eigenvalue weighted by atomic mass is 16.5. The molecule has 2 saturated heterocycles. The van der Waals surface area contributed by atoms with Crippen molar-refractivity contribution in [3.05, 3.63) is 29.8 Å². The maximum atomic E-state index is 12.7. The maximum absolute atomic E-state index is 12.7. The maximum Gasteiger partial charge on any atom is 0.273 e. The minimum absolute atomic E-state index is 0.0950. The normalized spacial score (nSPS) is 25.1. The molecule has 0 bridgehead atoms. The van der Waals surface area contributed by atoms with Crippen molar-refractivity contribution in [2.75, 3.05) is 48.5 Å². The van der Waals surface area contributed by atoms with E-state index in [0.29, 0.717) is 49.4 Å². The van der Waals surface area contributed by atoms with Gasteiger partial charge in [0.25, 0.3) is 5.91 Å². The first-order chi connectivity index (χ1) is 16.3. The second-order valence-corrected chi connectivity index (χ2v) is 8.86. The topological polar surface area (TPSA) is 200 Å². The van der Waals surface area contributed by atoms with Crippen LogP contribution in [0.3, 0.4) is 0 Å². The van der Waals surface area contributed by atoms with E-state index in [1.807, 2.05) is 9.80 Å². The minimum atomic E-state index is -0.398. The number of amides is 1. The number of piperidine rings is 2. The van der Waals surface area contributed by atoms with Gasteiger partial charge in [0, 0.05) is 50.3 Å². The lowest BCUT2D eigenvalue weighted by Crippen LogP contribution is -2.54. The molecule has 0 aliphatic carbocycles. The third kappa shape index (κ3) is 5.62. The largest absolute Gasteiger partial charge is 0.496 e.